The van der Waals surface area contributed by atoms with Gasteiger partial charge in [0.1, 0.15) is 0 Å². The number of amides is 2. The smallest absolute Gasteiger partial charge is 0.251 e. The van der Waals surface area contributed by atoms with E-state index >= 15 is 0 Å². The minimum atomic E-state index is -0.0764. The summed E-state index contributed by atoms with van der Waals surface area (Å²) in [5.74, 6) is -0.0367. The third-order valence-electron chi connectivity index (χ3n) is 5.60. The van der Waals surface area contributed by atoms with Gasteiger partial charge in [-0.1, -0.05) is 54.6 Å². The van der Waals surface area contributed by atoms with Crippen molar-refractivity contribution in [2.24, 2.45) is 0 Å². The summed E-state index contributed by atoms with van der Waals surface area (Å²) in [6, 6.07) is 24.4. The van der Waals surface area contributed by atoms with E-state index in [2.05, 4.69) is 41.7 Å². The lowest BCUT2D eigenvalue weighted by molar-refractivity contribution is -0.116. The van der Waals surface area contributed by atoms with Crippen molar-refractivity contribution in [1.82, 2.24) is 5.32 Å². The molecule has 1 aliphatic heterocycles. The Balaban J connectivity index is 1.38. The van der Waals surface area contributed by atoms with Crippen LogP contribution in [-0.2, 0) is 17.6 Å². The van der Waals surface area contributed by atoms with Crippen LogP contribution in [0.2, 0.25) is 0 Å². The fraction of sp³-hybridized carbons (Fsp3) is 0.231. The fourth-order valence-electron chi connectivity index (χ4n) is 4.05. The maximum atomic E-state index is 12.7. The van der Waals surface area contributed by atoms with E-state index in [1.54, 1.807) is 17.9 Å². The predicted octanol–water partition coefficient (Wildman–Crippen LogP) is 4.62. The molecule has 0 unspecified atom stereocenters. The number of nitrogens with one attached hydrogen (secondary N) is 1. The second kappa shape index (κ2) is 8.54. The average molecular weight is 399 g/mol. The SMILES string of the molecule is CC(=O)N1CCc2cc(C(=O)N[C@H](C)Cc3ccc(-c4ccccc4)cc3)ccc21. The number of hydrogen-bond donors (Lipinski definition) is 1. The van der Waals surface area contributed by atoms with Crippen LogP contribution in [0, 0.1) is 0 Å². The van der Waals surface area contributed by atoms with E-state index in [0.29, 0.717) is 12.1 Å². The van der Waals surface area contributed by atoms with Gasteiger partial charge in [-0.3, -0.25) is 9.59 Å². The van der Waals surface area contributed by atoms with E-state index in [4.69, 9.17) is 0 Å². The van der Waals surface area contributed by atoms with Gasteiger partial charge >= 0.3 is 0 Å². The Morgan fingerprint density at radius 3 is 2.37 bits per heavy atom. The molecule has 3 aromatic carbocycles. The number of fused-ring (bicyclic) bond motifs is 1. The summed E-state index contributed by atoms with van der Waals surface area (Å²) < 4.78 is 0. The summed E-state index contributed by atoms with van der Waals surface area (Å²) in [6.07, 6.45) is 1.56. The molecule has 0 saturated carbocycles. The summed E-state index contributed by atoms with van der Waals surface area (Å²) in [7, 11) is 0. The quantitative estimate of drug-likeness (QED) is 0.682. The zero-order chi connectivity index (χ0) is 21.1. The van der Waals surface area contributed by atoms with Crippen molar-refractivity contribution in [1.29, 1.82) is 0 Å². The largest absolute Gasteiger partial charge is 0.349 e. The molecule has 30 heavy (non-hydrogen) atoms. The van der Waals surface area contributed by atoms with Gasteiger partial charge in [0.25, 0.3) is 5.91 Å². The molecule has 1 heterocycles. The molecule has 0 aromatic heterocycles. The van der Waals surface area contributed by atoms with Crippen LogP contribution in [0.5, 0.6) is 0 Å². The number of hydrogen-bond acceptors (Lipinski definition) is 2. The molecular formula is C26H26N2O2. The lowest BCUT2D eigenvalue weighted by Gasteiger charge is -2.16. The average Bonchev–Trinajstić information content (AvgIpc) is 3.18. The molecule has 1 N–H and O–H groups in total. The Kier molecular flexibility index (Phi) is 5.66. The number of benzene rings is 3. The summed E-state index contributed by atoms with van der Waals surface area (Å²) >= 11 is 0. The number of anilines is 1. The first-order valence-corrected chi connectivity index (χ1v) is 10.4. The van der Waals surface area contributed by atoms with Gasteiger partial charge in [0.2, 0.25) is 5.91 Å². The molecule has 4 heteroatoms. The monoisotopic (exact) mass is 398 g/mol. The minimum Gasteiger partial charge on any atom is -0.349 e. The van der Waals surface area contributed by atoms with Crippen LogP contribution in [0.15, 0.2) is 72.8 Å². The highest BCUT2D eigenvalue weighted by atomic mass is 16.2. The van der Waals surface area contributed by atoms with Crippen LogP contribution >= 0.6 is 0 Å². The van der Waals surface area contributed by atoms with Crippen molar-refractivity contribution in [2.45, 2.75) is 32.7 Å². The molecule has 4 nitrogen and oxygen atoms in total. The summed E-state index contributed by atoms with van der Waals surface area (Å²) in [4.78, 5) is 26.2. The zero-order valence-corrected chi connectivity index (χ0v) is 17.4. The summed E-state index contributed by atoms with van der Waals surface area (Å²) in [6.45, 7) is 4.28. The lowest BCUT2D eigenvalue weighted by Crippen LogP contribution is -2.34. The standard InChI is InChI=1S/C26H26N2O2/c1-18(16-20-8-10-22(11-9-20)21-6-4-3-5-7-21)27-26(30)24-12-13-25-23(17-24)14-15-28(25)19(2)29/h3-13,17-18H,14-16H2,1-2H3,(H,27,30)/t18-/m1/s1. The van der Waals surface area contributed by atoms with Crippen molar-refractivity contribution in [3.05, 3.63) is 89.5 Å². The van der Waals surface area contributed by atoms with Crippen LogP contribution in [0.3, 0.4) is 0 Å². The molecule has 0 fully saturated rings. The molecule has 152 valence electrons. The molecular weight excluding hydrogens is 372 g/mol. The first kappa shape index (κ1) is 19.9. The van der Waals surface area contributed by atoms with E-state index in [1.807, 2.05) is 37.3 Å². The lowest BCUT2D eigenvalue weighted by atomic mass is 10.0. The maximum absolute atomic E-state index is 12.7. The predicted molar refractivity (Wildman–Crippen MR) is 121 cm³/mol. The first-order valence-electron chi connectivity index (χ1n) is 10.4. The molecule has 4 rings (SSSR count). The van der Waals surface area contributed by atoms with Crippen LogP contribution in [0.4, 0.5) is 5.69 Å². The van der Waals surface area contributed by atoms with Crippen molar-refractivity contribution >= 4 is 17.5 Å². The van der Waals surface area contributed by atoms with E-state index < -0.39 is 0 Å². The van der Waals surface area contributed by atoms with Crippen LogP contribution in [0.1, 0.15) is 35.3 Å². The second-order valence-electron chi connectivity index (χ2n) is 7.91. The molecule has 0 spiro atoms. The Hall–Kier alpha value is -3.40. The van der Waals surface area contributed by atoms with Gasteiger partial charge in [0.05, 0.1) is 0 Å². The van der Waals surface area contributed by atoms with Gasteiger partial charge in [0.15, 0.2) is 0 Å². The van der Waals surface area contributed by atoms with Gasteiger partial charge in [-0.2, -0.15) is 0 Å². The van der Waals surface area contributed by atoms with Gasteiger partial charge in [-0.15, -0.1) is 0 Å². The van der Waals surface area contributed by atoms with Gasteiger partial charge < -0.3 is 10.2 Å². The zero-order valence-electron chi connectivity index (χ0n) is 17.4. The van der Waals surface area contributed by atoms with E-state index in [0.717, 1.165) is 24.1 Å². The third kappa shape index (κ3) is 4.28. The van der Waals surface area contributed by atoms with Gasteiger partial charge in [0, 0.05) is 30.8 Å². The Labute approximate surface area is 177 Å². The van der Waals surface area contributed by atoms with E-state index in [9.17, 15) is 9.59 Å². The molecule has 2 amide bonds. The molecule has 0 bridgehead atoms. The van der Waals surface area contributed by atoms with Gasteiger partial charge in [-0.05, 0) is 60.2 Å². The molecule has 3 aromatic rings. The molecule has 0 saturated heterocycles. The molecule has 0 radical (unpaired) electrons. The Morgan fingerprint density at radius 2 is 1.67 bits per heavy atom. The second-order valence-corrected chi connectivity index (χ2v) is 7.91. The van der Waals surface area contributed by atoms with E-state index in [-0.39, 0.29) is 17.9 Å². The highest BCUT2D eigenvalue weighted by molar-refractivity contribution is 5.98. The highest BCUT2D eigenvalue weighted by Gasteiger charge is 2.23. The van der Waals surface area contributed by atoms with Crippen molar-refractivity contribution in [2.75, 3.05) is 11.4 Å². The molecule has 1 aliphatic rings. The maximum Gasteiger partial charge on any atom is 0.251 e. The molecule has 0 aliphatic carbocycles. The van der Waals surface area contributed by atoms with E-state index in [1.165, 1.54) is 16.7 Å². The van der Waals surface area contributed by atoms with Crippen molar-refractivity contribution < 1.29 is 9.59 Å². The Morgan fingerprint density at radius 1 is 0.967 bits per heavy atom. The Bertz CT molecular complexity index is 1060. The number of carbonyl (C=O) groups is 2. The fourth-order valence-corrected chi connectivity index (χ4v) is 4.05. The first-order chi connectivity index (χ1) is 14.5. The van der Waals surface area contributed by atoms with Crippen LogP contribution in [-0.4, -0.2) is 24.4 Å². The summed E-state index contributed by atoms with van der Waals surface area (Å²) in [5.41, 5.74) is 6.20. The van der Waals surface area contributed by atoms with Crippen LogP contribution < -0.4 is 10.2 Å². The number of rotatable bonds is 5. The summed E-state index contributed by atoms with van der Waals surface area (Å²) in [5, 5.41) is 3.10. The molecule has 1 atom stereocenters. The third-order valence-corrected chi connectivity index (χ3v) is 5.60. The highest BCUT2D eigenvalue weighted by Crippen LogP contribution is 2.29. The van der Waals surface area contributed by atoms with Crippen molar-refractivity contribution in [3.8, 4) is 11.1 Å². The minimum absolute atomic E-state index is 0.0158. The number of nitrogens with zero attached hydrogens (tertiary/aromatic N) is 1. The van der Waals surface area contributed by atoms with Crippen LogP contribution in [0.25, 0.3) is 11.1 Å². The van der Waals surface area contributed by atoms with Crippen molar-refractivity contribution in [3.63, 3.8) is 0 Å². The number of carbonyl (C=O) groups excluding carboxylic acids is 2. The van der Waals surface area contributed by atoms with Gasteiger partial charge in [-0.25, -0.2) is 0 Å². The topological polar surface area (TPSA) is 49.4 Å². The normalized spacial score (nSPS) is 13.6.